The number of nitrogens with one attached hydrogen (secondary N) is 1. The van der Waals surface area contributed by atoms with E-state index in [9.17, 15) is 9.59 Å². The van der Waals surface area contributed by atoms with E-state index in [1.54, 1.807) is 6.26 Å². The number of carbonyl (C=O) groups is 2. The normalized spacial score (nSPS) is 21.4. The van der Waals surface area contributed by atoms with Crippen LogP contribution in [-0.4, -0.2) is 25.0 Å². The molecular weight excluding hydrogens is 234 g/mol. The van der Waals surface area contributed by atoms with Crippen LogP contribution in [0.25, 0.3) is 0 Å². The Kier molecular flexibility index (Phi) is 4.02. The lowest BCUT2D eigenvalue weighted by Gasteiger charge is -2.04. The van der Waals surface area contributed by atoms with Gasteiger partial charge >= 0.3 is 5.97 Å². The second-order valence-corrected chi connectivity index (χ2v) is 4.47. The summed E-state index contributed by atoms with van der Waals surface area (Å²) in [6.07, 6.45) is 3.06. The van der Waals surface area contributed by atoms with Gasteiger partial charge in [0.25, 0.3) is 0 Å². The van der Waals surface area contributed by atoms with Gasteiger partial charge in [-0.05, 0) is 25.0 Å². The minimum atomic E-state index is -0.167. The van der Waals surface area contributed by atoms with Gasteiger partial charge < -0.3 is 14.5 Å². The first kappa shape index (κ1) is 12.7. The molecular formula is C13H17NO4. The fraction of sp³-hybridized carbons (Fsp3) is 0.538. The quantitative estimate of drug-likeness (QED) is 0.613. The minimum absolute atomic E-state index is 0.0584. The van der Waals surface area contributed by atoms with Crippen LogP contribution in [0.2, 0.25) is 0 Å². The molecule has 0 aliphatic heterocycles. The van der Waals surface area contributed by atoms with Crippen LogP contribution in [-0.2, 0) is 14.3 Å². The average molecular weight is 251 g/mol. The summed E-state index contributed by atoms with van der Waals surface area (Å²) >= 11 is 0. The highest BCUT2D eigenvalue weighted by Crippen LogP contribution is 2.48. The Morgan fingerprint density at radius 3 is 3.06 bits per heavy atom. The van der Waals surface area contributed by atoms with Crippen molar-refractivity contribution in [1.82, 2.24) is 5.32 Å². The van der Waals surface area contributed by atoms with E-state index in [1.807, 2.05) is 12.1 Å². The smallest absolute Gasteiger partial charge is 0.309 e. The van der Waals surface area contributed by atoms with Crippen molar-refractivity contribution < 1.29 is 18.7 Å². The summed E-state index contributed by atoms with van der Waals surface area (Å²) in [5, 5.41) is 2.65. The van der Waals surface area contributed by atoms with E-state index in [2.05, 4.69) is 5.32 Å². The Hall–Kier alpha value is -1.78. The molecule has 0 aromatic carbocycles. The van der Waals surface area contributed by atoms with Gasteiger partial charge in [0.15, 0.2) is 0 Å². The van der Waals surface area contributed by atoms with Crippen molar-refractivity contribution in [3.05, 3.63) is 24.2 Å². The van der Waals surface area contributed by atoms with Gasteiger partial charge in [0, 0.05) is 19.4 Å². The SMILES string of the molecule is CC(=O)NCCCOC(=O)C1CC1c1ccco1. The Labute approximate surface area is 105 Å². The average Bonchev–Trinajstić information content (AvgIpc) is 2.95. The highest BCUT2D eigenvalue weighted by molar-refractivity contribution is 5.77. The predicted molar refractivity (Wildman–Crippen MR) is 63.8 cm³/mol. The number of carbonyl (C=O) groups excluding carboxylic acids is 2. The second-order valence-electron chi connectivity index (χ2n) is 4.47. The lowest BCUT2D eigenvalue weighted by Crippen LogP contribution is -2.22. The largest absolute Gasteiger partial charge is 0.469 e. The summed E-state index contributed by atoms with van der Waals surface area (Å²) in [6, 6.07) is 3.71. The molecule has 1 aliphatic carbocycles. The van der Waals surface area contributed by atoms with E-state index in [1.165, 1.54) is 6.92 Å². The monoisotopic (exact) mass is 251 g/mol. The molecule has 1 aromatic rings. The van der Waals surface area contributed by atoms with Gasteiger partial charge in [0.2, 0.25) is 5.91 Å². The highest BCUT2D eigenvalue weighted by Gasteiger charge is 2.46. The molecule has 5 nitrogen and oxygen atoms in total. The number of esters is 1. The fourth-order valence-corrected chi connectivity index (χ4v) is 1.89. The third-order valence-corrected chi connectivity index (χ3v) is 2.94. The van der Waals surface area contributed by atoms with Crippen LogP contribution >= 0.6 is 0 Å². The summed E-state index contributed by atoms with van der Waals surface area (Å²) in [6.45, 7) is 2.35. The van der Waals surface area contributed by atoms with E-state index < -0.39 is 0 Å². The van der Waals surface area contributed by atoms with Crippen LogP contribution in [0, 0.1) is 5.92 Å². The van der Waals surface area contributed by atoms with Gasteiger partial charge in [0.05, 0.1) is 18.8 Å². The van der Waals surface area contributed by atoms with Crippen LogP contribution in [0.4, 0.5) is 0 Å². The van der Waals surface area contributed by atoms with Crippen LogP contribution in [0.3, 0.4) is 0 Å². The Bertz CT molecular complexity index is 413. The first-order valence-electron chi connectivity index (χ1n) is 6.13. The van der Waals surface area contributed by atoms with Crippen molar-refractivity contribution in [3.8, 4) is 0 Å². The number of ether oxygens (including phenoxy) is 1. The van der Waals surface area contributed by atoms with E-state index in [4.69, 9.17) is 9.15 Å². The van der Waals surface area contributed by atoms with E-state index in [-0.39, 0.29) is 23.7 Å². The molecule has 2 unspecified atom stereocenters. The molecule has 18 heavy (non-hydrogen) atoms. The molecule has 1 aliphatic rings. The van der Waals surface area contributed by atoms with Crippen molar-refractivity contribution >= 4 is 11.9 Å². The zero-order valence-electron chi connectivity index (χ0n) is 10.3. The number of amides is 1. The Morgan fingerprint density at radius 2 is 2.39 bits per heavy atom. The van der Waals surface area contributed by atoms with E-state index >= 15 is 0 Å². The molecule has 1 amide bonds. The molecule has 0 saturated heterocycles. The third kappa shape index (κ3) is 3.35. The summed E-state index contributed by atoms with van der Waals surface area (Å²) in [5.74, 6) is 0.746. The molecule has 5 heteroatoms. The maximum Gasteiger partial charge on any atom is 0.309 e. The van der Waals surface area contributed by atoms with Gasteiger partial charge in [-0.25, -0.2) is 0 Å². The zero-order chi connectivity index (χ0) is 13.0. The van der Waals surface area contributed by atoms with Gasteiger partial charge in [-0.2, -0.15) is 0 Å². The minimum Gasteiger partial charge on any atom is -0.469 e. The summed E-state index contributed by atoms with van der Waals surface area (Å²) in [4.78, 5) is 22.3. The first-order valence-corrected chi connectivity index (χ1v) is 6.13. The van der Waals surface area contributed by atoms with Crippen molar-refractivity contribution in [2.75, 3.05) is 13.2 Å². The number of hydrogen-bond donors (Lipinski definition) is 1. The molecule has 1 aromatic heterocycles. The molecule has 1 N–H and O–H groups in total. The van der Waals surface area contributed by atoms with Gasteiger partial charge in [0.1, 0.15) is 5.76 Å². The maximum atomic E-state index is 11.7. The van der Waals surface area contributed by atoms with Crippen molar-refractivity contribution in [1.29, 1.82) is 0 Å². The number of hydrogen-bond acceptors (Lipinski definition) is 4. The van der Waals surface area contributed by atoms with Gasteiger partial charge in [-0.1, -0.05) is 0 Å². The maximum absolute atomic E-state index is 11.7. The molecule has 0 bridgehead atoms. The lowest BCUT2D eigenvalue weighted by molar-refractivity contribution is -0.145. The third-order valence-electron chi connectivity index (χ3n) is 2.94. The first-order chi connectivity index (χ1) is 8.68. The summed E-state index contributed by atoms with van der Waals surface area (Å²) in [7, 11) is 0. The molecule has 1 saturated carbocycles. The standard InChI is InChI=1S/C13H17NO4/c1-9(15)14-5-3-7-18-13(16)11-8-10(11)12-4-2-6-17-12/h2,4,6,10-11H,3,5,7-8H2,1H3,(H,14,15). The fourth-order valence-electron chi connectivity index (χ4n) is 1.89. The van der Waals surface area contributed by atoms with Crippen molar-refractivity contribution in [3.63, 3.8) is 0 Å². The molecule has 2 atom stereocenters. The van der Waals surface area contributed by atoms with Gasteiger partial charge in [-0.15, -0.1) is 0 Å². The van der Waals surface area contributed by atoms with Crippen LogP contribution in [0.5, 0.6) is 0 Å². The second kappa shape index (κ2) is 5.71. The predicted octanol–water partition coefficient (Wildman–Crippen LogP) is 1.45. The molecule has 98 valence electrons. The van der Waals surface area contributed by atoms with E-state index in [0.717, 1.165) is 12.2 Å². The van der Waals surface area contributed by atoms with Crippen LogP contribution in [0.15, 0.2) is 22.8 Å². The Balaban J connectivity index is 1.61. The Morgan fingerprint density at radius 1 is 1.56 bits per heavy atom. The number of furan rings is 1. The molecule has 0 spiro atoms. The molecule has 1 fully saturated rings. The summed E-state index contributed by atoms with van der Waals surface area (Å²) < 4.78 is 10.4. The van der Waals surface area contributed by atoms with E-state index in [0.29, 0.717) is 19.6 Å². The van der Waals surface area contributed by atoms with Crippen LogP contribution in [0.1, 0.15) is 31.4 Å². The van der Waals surface area contributed by atoms with Gasteiger partial charge in [-0.3, -0.25) is 9.59 Å². The van der Waals surface area contributed by atoms with Crippen LogP contribution < -0.4 is 5.32 Å². The summed E-state index contributed by atoms with van der Waals surface area (Å²) in [5.41, 5.74) is 0. The molecule has 2 rings (SSSR count). The molecule has 0 radical (unpaired) electrons. The lowest BCUT2D eigenvalue weighted by atomic mass is 10.2. The zero-order valence-corrected chi connectivity index (χ0v) is 10.3. The number of rotatable bonds is 6. The van der Waals surface area contributed by atoms with Crippen molar-refractivity contribution in [2.24, 2.45) is 5.92 Å². The van der Waals surface area contributed by atoms with Crippen molar-refractivity contribution in [2.45, 2.75) is 25.7 Å². The highest BCUT2D eigenvalue weighted by atomic mass is 16.5. The molecule has 1 heterocycles. The topological polar surface area (TPSA) is 68.5 Å².